The molecule has 0 spiro atoms. The van der Waals surface area contributed by atoms with Crippen LogP contribution in [0.2, 0.25) is 0 Å². The summed E-state index contributed by atoms with van der Waals surface area (Å²) in [6, 6.07) is 11.1. The maximum atomic E-state index is 12.2. The van der Waals surface area contributed by atoms with E-state index in [1.165, 1.54) is 25.3 Å². The van der Waals surface area contributed by atoms with Gasteiger partial charge in [0.05, 0.1) is 17.7 Å². The van der Waals surface area contributed by atoms with Crippen LogP contribution in [0.15, 0.2) is 46.9 Å². The Morgan fingerprint density at radius 2 is 2.00 bits per heavy atom. The summed E-state index contributed by atoms with van der Waals surface area (Å²) in [5.41, 5.74) is 0.697. The van der Waals surface area contributed by atoms with Gasteiger partial charge >= 0.3 is 5.69 Å². The van der Waals surface area contributed by atoms with E-state index in [-0.39, 0.29) is 22.9 Å². The number of methoxy groups -OCH3 is 1. The second-order valence-corrected chi connectivity index (χ2v) is 4.93. The van der Waals surface area contributed by atoms with Crippen molar-refractivity contribution in [2.24, 2.45) is 0 Å². The molecule has 0 bridgehead atoms. The summed E-state index contributed by atoms with van der Waals surface area (Å²) in [6.45, 7) is 0. The minimum Gasteiger partial charge on any atom is -0.490 e. The zero-order valence-corrected chi connectivity index (χ0v) is 12.6. The van der Waals surface area contributed by atoms with Crippen LogP contribution in [0.1, 0.15) is 10.4 Å². The number of hydrogen-bond donors (Lipinski definition) is 1. The molecule has 0 atom stereocenters. The lowest BCUT2D eigenvalue weighted by Crippen LogP contribution is -2.12. The molecule has 0 aliphatic rings. The molecule has 0 radical (unpaired) electrons. The Kier molecular flexibility index (Phi) is 4.54. The molecular weight excluding hydrogens is 340 g/mol. The highest BCUT2D eigenvalue weighted by atomic mass is 79.9. The van der Waals surface area contributed by atoms with Crippen molar-refractivity contribution < 1.29 is 14.5 Å². The van der Waals surface area contributed by atoms with Gasteiger partial charge in [0.1, 0.15) is 0 Å². The van der Waals surface area contributed by atoms with E-state index >= 15 is 0 Å². The van der Waals surface area contributed by atoms with Crippen molar-refractivity contribution in [3.8, 4) is 5.75 Å². The number of amides is 1. The average Bonchev–Trinajstić information content (AvgIpc) is 2.48. The van der Waals surface area contributed by atoms with Crippen molar-refractivity contribution in [2.45, 2.75) is 0 Å². The van der Waals surface area contributed by atoms with Crippen molar-refractivity contribution in [2.75, 3.05) is 12.4 Å². The second kappa shape index (κ2) is 6.36. The number of carbonyl (C=O) groups excluding carboxylic acids is 1. The van der Waals surface area contributed by atoms with E-state index in [9.17, 15) is 14.9 Å². The van der Waals surface area contributed by atoms with Gasteiger partial charge in [-0.25, -0.2) is 0 Å². The molecule has 2 rings (SSSR count). The van der Waals surface area contributed by atoms with Gasteiger partial charge in [-0.05, 0) is 34.1 Å². The van der Waals surface area contributed by atoms with Crippen LogP contribution in [0.25, 0.3) is 0 Å². The lowest BCUT2D eigenvalue weighted by Gasteiger charge is -2.08. The fraction of sp³-hybridized carbons (Fsp3) is 0.0714. The molecule has 108 valence electrons. The Morgan fingerprint density at radius 3 is 2.62 bits per heavy atom. The largest absolute Gasteiger partial charge is 0.490 e. The molecule has 2 aromatic rings. The van der Waals surface area contributed by atoms with Crippen LogP contribution in [0.5, 0.6) is 5.75 Å². The second-order valence-electron chi connectivity index (χ2n) is 4.08. The monoisotopic (exact) mass is 350 g/mol. The fourth-order valence-electron chi connectivity index (χ4n) is 1.73. The van der Waals surface area contributed by atoms with Crippen molar-refractivity contribution in [1.29, 1.82) is 0 Å². The van der Waals surface area contributed by atoms with E-state index < -0.39 is 4.92 Å². The molecule has 0 unspecified atom stereocenters. The maximum absolute atomic E-state index is 12.2. The predicted molar refractivity (Wildman–Crippen MR) is 81.7 cm³/mol. The minimum absolute atomic E-state index is 0.0415. The Labute approximate surface area is 129 Å². The summed E-state index contributed by atoms with van der Waals surface area (Å²) in [4.78, 5) is 22.4. The molecule has 0 fully saturated rings. The van der Waals surface area contributed by atoms with Crippen LogP contribution < -0.4 is 10.1 Å². The number of nitrogens with one attached hydrogen (secondary N) is 1. The number of ether oxygens (including phenoxy) is 1. The van der Waals surface area contributed by atoms with E-state index in [0.717, 1.165) is 4.47 Å². The van der Waals surface area contributed by atoms with Crippen LogP contribution in [-0.4, -0.2) is 17.9 Å². The number of nitrogens with zero attached hydrogens (tertiary/aromatic N) is 1. The summed E-state index contributed by atoms with van der Waals surface area (Å²) in [6.07, 6.45) is 0. The van der Waals surface area contributed by atoms with Crippen LogP contribution in [-0.2, 0) is 0 Å². The number of hydrogen-bond acceptors (Lipinski definition) is 4. The van der Waals surface area contributed by atoms with Crippen molar-refractivity contribution >= 4 is 33.2 Å². The molecule has 0 saturated carbocycles. The standard InChI is InChI=1S/C14H11BrN2O4/c1-21-13-8-9(6-7-12(13)17(19)20)14(18)16-11-5-3-2-4-10(11)15/h2-8H,1H3,(H,16,18). The third-order valence-corrected chi connectivity index (χ3v) is 3.45. The highest BCUT2D eigenvalue weighted by Crippen LogP contribution is 2.28. The first-order chi connectivity index (χ1) is 10.0. The predicted octanol–water partition coefficient (Wildman–Crippen LogP) is 3.62. The van der Waals surface area contributed by atoms with Crippen LogP contribution in [0.4, 0.5) is 11.4 Å². The van der Waals surface area contributed by atoms with E-state index in [0.29, 0.717) is 5.69 Å². The number of carbonyl (C=O) groups is 1. The quantitative estimate of drug-likeness (QED) is 0.674. The van der Waals surface area contributed by atoms with Crippen molar-refractivity contribution in [1.82, 2.24) is 0 Å². The number of nitro benzene ring substituents is 1. The Morgan fingerprint density at radius 1 is 1.29 bits per heavy atom. The molecule has 0 heterocycles. The molecule has 1 N–H and O–H groups in total. The zero-order valence-electron chi connectivity index (χ0n) is 11.0. The Balaban J connectivity index is 2.28. The molecule has 0 saturated heterocycles. The van der Waals surface area contributed by atoms with Gasteiger partial charge in [0.15, 0.2) is 5.75 Å². The normalized spacial score (nSPS) is 10.0. The third kappa shape index (κ3) is 3.38. The van der Waals surface area contributed by atoms with Gasteiger partial charge in [0.25, 0.3) is 5.91 Å². The number of anilines is 1. The summed E-state index contributed by atoms with van der Waals surface area (Å²) >= 11 is 3.33. The first-order valence-corrected chi connectivity index (χ1v) is 6.70. The average molecular weight is 351 g/mol. The van der Waals surface area contributed by atoms with E-state index in [1.807, 2.05) is 6.07 Å². The molecule has 7 heteroatoms. The van der Waals surface area contributed by atoms with Gasteiger partial charge in [-0.1, -0.05) is 12.1 Å². The van der Waals surface area contributed by atoms with Crippen LogP contribution in [0.3, 0.4) is 0 Å². The summed E-state index contributed by atoms with van der Waals surface area (Å²) in [5, 5.41) is 13.5. The maximum Gasteiger partial charge on any atom is 0.310 e. The Hall–Kier alpha value is -2.41. The molecule has 0 aliphatic carbocycles. The van der Waals surface area contributed by atoms with Crippen LogP contribution >= 0.6 is 15.9 Å². The number of para-hydroxylation sites is 1. The summed E-state index contributed by atoms with van der Waals surface area (Å²) < 4.78 is 5.68. The van der Waals surface area contributed by atoms with Gasteiger partial charge in [-0.15, -0.1) is 0 Å². The van der Waals surface area contributed by atoms with E-state index in [4.69, 9.17) is 4.74 Å². The van der Waals surface area contributed by atoms with Crippen LogP contribution in [0, 0.1) is 10.1 Å². The highest BCUT2D eigenvalue weighted by molar-refractivity contribution is 9.10. The number of rotatable bonds is 4. The van der Waals surface area contributed by atoms with Gasteiger partial charge in [-0.3, -0.25) is 14.9 Å². The van der Waals surface area contributed by atoms with E-state index in [2.05, 4.69) is 21.2 Å². The zero-order chi connectivity index (χ0) is 15.4. The topological polar surface area (TPSA) is 81.5 Å². The van der Waals surface area contributed by atoms with Gasteiger partial charge in [-0.2, -0.15) is 0 Å². The highest BCUT2D eigenvalue weighted by Gasteiger charge is 2.17. The molecule has 1 amide bonds. The van der Waals surface area contributed by atoms with Gasteiger partial charge < -0.3 is 10.1 Å². The van der Waals surface area contributed by atoms with Gasteiger partial charge in [0.2, 0.25) is 0 Å². The van der Waals surface area contributed by atoms with E-state index in [1.54, 1.807) is 18.2 Å². The smallest absolute Gasteiger partial charge is 0.310 e. The number of halogens is 1. The lowest BCUT2D eigenvalue weighted by molar-refractivity contribution is -0.385. The molecule has 2 aromatic carbocycles. The molecule has 0 aromatic heterocycles. The first kappa shape index (κ1) is 15.0. The Bertz CT molecular complexity index is 703. The molecule has 21 heavy (non-hydrogen) atoms. The molecule has 0 aliphatic heterocycles. The SMILES string of the molecule is COc1cc(C(=O)Nc2ccccc2Br)ccc1[N+](=O)[O-]. The summed E-state index contributed by atoms with van der Waals surface area (Å²) in [7, 11) is 1.32. The number of nitro groups is 1. The summed E-state index contributed by atoms with van der Waals surface area (Å²) in [5.74, 6) is -0.338. The van der Waals surface area contributed by atoms with Gasteiger partial charge in [0, 0.05) is 22.2 Å². The van der Waals surface area contributed by atoms with Crippen molar-refractivity contribution in [3.63, 3.8) is 0 Å². The lowest BCUT2D eigenvalue weighted by atomic mass is 10.1. The molecular formula is C14H11BrN2O4. The molecule has 6 nitrogen and oxygen atoms in total. The first-order valence-electron chi connectivity index (χ1n) is 5.91. The fourth-order valence-corrected chi connectivity index (χ4v) is 2.11. The minimum atomic E-state index is -0.561. The third-order valence-electron chi connectivity index (χ3n) is 2.76. The number of benzene rings is 2. The van der Waals surface area contributed by atoms with Crippen molar-refractivity contribution in [3.05, 3.63) is 62.6 Å².